The summed E-state index contributed by atoms with van der Waals surface area (Å²) in [5.74, 6) is 0. The Labute approximate surface area is 97.7 Å². The SMILES string of the molecule is C=CC(NCCNCCN)c1ccccc1. The summed E-state index contributed by atoms with van der Waals surface area (Å²) in [5.41, 5.74) is 6.64. The fourth-order valence-corrected chi connectivity index (χ4v) is 1.54. The Morgan fingerprint density at radius 3 is 2.56 bits per heavy atom. The fourth-order valence-electron chi connectivity index (χ4n) is 1.54. The van der Waals surface area contributed by atoms with Gasteiger partial charge in [0.15, 0.2) is 0 Å². The Hall–Kier alpha value is -1.16. The predicted molar refractivity (Wildman–Crippen MR) is 69.3 cm³/mol. The molecule has 88 valence electrons. The number of benzene rings is 1. The van der Waals surface area contributed by atoms with Crippen LogP contribution < -0.4 is 16.4 Å². The largest absolute Gasteiger partial charge is 0.329 e. The Morgan fingerprint density at radius 2 is 1.94 bits per heavy atom. The van der Waals surface area contributed by atoms with E-state index in [-0.39, 0.29) is 6.04 Å². The highest BCUT2D eigenvalue weighted by molar-refractivity contribution is 5.22. The fraction of sp³-hybridized carbons (Fsp3) is 0.385. The van der Waals surface area contributed by atoms with Crippen LogP contribution in [0.5, 0.6) is 0 Å². The van der Waals surface area contributed by atoms with Gasteiger partial charge in [0, 0.05) is 26.2 Å². The smallest absolute Gasteiger partial charge is 0.0504 e. The Kier molecular flexibility index (Phi) is 6.49. The molecule has 0 spiro atoms. The lowest BCUT2D eigenvalue weighted by Gasteiger charge is -2.15. The van der Waals surface area contributed by atoms with E-state index in [9.17, 15) is 0 Å². The molecule has 1 atom stereocenters. The molecule has 1 aromatic rings. The average molecular weight is 219 g/mol. The van der Waals surface area contributed by atoms with Crippen molar-refractivity contribution in [2.24, 2.45) is 5.73 Å². The van der Waals surface area contributed by atoms with Crippen LogP contribution >= 0.6 is 0 Å². The van der Waals surface area contributed by atoms with Crippen molar-refractivity contribution >= 4 is 0 Å². The minimum atomic E-state index is 0.223. The minimum Gasteiger partial charge on any atom is -0.329 e. The summed E-state index contributed by atoms with van der Waals surface area (Å²) in [7, 11) is 0. The molecule has 1 unspecified atom stereocenters. The summed E-state index contributed by atoms with van der Waals surface area (Å²) in [5, 5.41) is 6.67. The van der Waals surface area contributed by atoms with Gasteiger partial charge in [0.05, 0.1) is 6.04 Å². The summed E-state index contributed by atoms with van der Waals surface area (Å²) in [6.45, 7) is 7.23. The highest BCUT2D eigenvalue weighted by atomic mass is 15.0. The molecule has 0 aliphatic heterocycles. The molecule has 0 fully saturated rings. The average Bonchev–Trinajstić information content (AvgIpc) is 2.35. The normalized spacial score (nSPS) is 12.3. The maximum Gasteiger partial charge on any atom is 0.0504 e. The summed E-state index contributed by atoms with van der Waals surface area (Å²) >= 11 is 0. The first kappa shape index (κ1) is 12.9. The lowest BCUT2D eigenvalue weighted by atomic mass is 10.1. The van der Waals surface area contributed by atoms with Crippen molar-refractivity contribution in [1.29, 1.82) is 0 Å². The van der Waals surface area contributed by atoms with Gasteiger partial charge in [0.1, 0.15) is 0 Å². The summed E-state index contributed by atoms with van der Waals surface area (Å²) in [4.78, 5) is 0. The Balaban J connectivity index is 2.30. The molecular weight excluding hydrogens is 198 g/mol. The van der Waals surface area contributed by atoms with Crippen molar-refractivity contribution in [2.45, 2.75) is 6.04 Å². The number of rotatable bonds is 8. The molecule has 16 heavy (non-hydrogen) atoms. The van der Waals surface area contributed by atoms with E-state index in [1.807, 2.05) is 24.3 Å². The molecule has 3 nitrogen and oxygen atoms in total. The van der Waals surface area contributed by atoms with E-state index in [2.05, 4.69) is 29.3 Å². The van der Waals surface area contributed by atoms with Gasteiger partial charge in [0.2, 0.25) is 0 Å². The van der Waals surface area contributed by atoms with Crippen molar-refractivity contribution in [3.05, 3.63) is 48.6 Å². The Bertz CT molecular complexity index is 284. The molecule has 4 N–H and O–H groups in total. The first-order chi connectivity index (χ1) is 7.88. The summed E-state index contributed by atoms with van der Waals surface area (Å²) in [6.07, 6.45) is 1.93. The van der Waals surface area contributed by atoms with Gasteiger partial charge in [-0.25, -0.2) is 0 Å². The van der Waals surface area contributed by atoms with Crippen LogP contribution in [0.15, 0.2) is 43.0 Å². The van der Waals surface area contributed by atoms with Gasteiger partial charge < -0.3 is 16.4 Å². The zero-order valence-corrected chi connectivity index (χ0v) is 9.65. The van der Waals surface area contributed by atoms with Gasteiger partial charge in [-0.15, -0.1) is 6.58 Å². The highest BCUT2D eigenvalue weighted by Crippen LogP contribution is 2.12. The van der Waals surface area contributed by atoms with E-state index in [1.165, 1.54) is 5.56 Å². The molecule has 0 aromatic heterocycles. The monoisotopic (exact) mass is 219 g/mol. The second kappa shape index (κ2) is 8.05. The quantitative estimate of drug-likeness (QED) is 0.452. The van der Waals surface area contributed by atoms with Crippen LogP contribution in [0, 0.1) is 0 Å². The number of hydrogen-bond acceptors (Lipinski definition) is 3. The van der Waals surface area contributed by atoms with Crippen molar-refractivity contribution in [1.82, 2.24) is 10.6 Å². The van der Waals surface area contributed by atoms with E-state index in [1.54, 1.807) is 0 Å². The minimum absolute atomic E-state index is 0.223. The second-order valence-electron chi connectivity index (χ2n) is 3.62. The van der Waals surface area contributed by atoms with E-state index >= 15 is 0 Å². The van der Waals surface area contributed by atoms with E-state index < -0.39 is 0 Å². The molecule has 0 bridgehead atoms. The molecule has 1 aromatic carbocycles. The van der Waals surface area contributed by atoms with E-state index in [0.717, 1.165) is 19.6 Å². The van der Waals surface area contributed by atoms with Gasteiger partial charge in [-0.3, -0.25) is 0 Å². The molecule has 0 saturated carbocycles. The number of nitrogens with two attached hydrogens (primary N) is 1. The molecule has 0 amide bonds. The first-order valence-electron chi connectivity index (χ1n) is 5.70. The van der Waals surface area contributed by atoms with Crippen LogP contribution in [0.4, 0.5) is 0 Å². The van der Waals surface area contributed by atoms with Gasteiger partial charge in [-0.1, -0.05) is 36.4 Å². The van der Waals surface area contributed by atoms with Gasteiger partial charge in [-0.2, -0.15) is 0 Å². The van der Waals surface area contributed by atoms with E-state index in [4.69, 9.17) is 5.73 Å². The van der Waals surface area contributed by atoms with Crippen LogP contribution in [0.1, 0.15) is 11.6 Å². The molecule has 0 aliphatic carbocycles. The third kappa shape index (κ3) is 4.57. The van der Waals surface area contributed by atoms with Crippen LogP contribution in [-0.4, -0.2) is 26.2 Å². The van der Waals surface area contributed by atoms with Crippen LogP contribution in [0.2, 0.25) is 0 Å². The topological polar surface area (TPSA) is 50.1 Å². The van der Waals surface area contributed by atoms with Gasteiger partial charge >= 0.3 is 0 Å². The molecule has 0 heterocycles. The van der Waals surface area contributed by atoms with Crippen molar-refractivity contribution < 1.29 is 0 Å². The number of hydrogen-bond donors (Lipinski definition) is 3. The van der Waals surface area contributed by atoms with Crippen LogP contribution in [0.25, 0.3) is 0 Å². The van der Waals surface area contributed by atoms with E-state index in [0.29, 0.717) is 6.54 Å². The molecule has 0 radical (unpaired) electrons. The third-order valence-corrected chi connectivity index (χ3v) is 2.38. The molecule has 1 rings (SSSR count). The summed E-state index contributed by atoms with van der Waals surface area (Å²) < 4.78 is 0. The standard InChI is InChI=1S/C13H21N3/c1-2-13(12-6-4-3-5-7-12)16-11-10-15-9-8-14/h2-7,13,15-16H,1,8-11,14H2. The molecule has 0 saturated heterocycles. The number of nitrogens with one attached hydrogen (secondary N) is 2. The Morgan fingerprint density at radius 1 is 1.19 bits per heavy atom. The maximum absolute atomic E-state index is 5.39. The lowest BCUT2D eigenvalue weighted by molar-refractivity contribution is 0.578. The zero-order chi connectivity index (χ0) is 11.6. The van der Waals surface area contributed by atoms with Crippen LogP contribution in [0.3, 0.4) is 0 Å². The van der Waals surface area contributed by atoms with Crippen molar-refractivity contribution in [3.63, 3.8) is 0 Å². The molecule has 0 aliphatic rings. The van der Waals surface area contributed by atoms with Gasteiger partial charge in [-0.05, 0) is 5.56 Å². The van der Waals surface area contributed by atoms with Crippen molar-refractivity contribution in [3.8, 4) is 0 Å². The third-order valence-electron chi connectivity index (χ3n) is 2.38. The summed E-state index contributed by atoms with van der Waals surface area (Å²) in [6, 6.07) is 10.5. The lowest BCUT2D eigenvalue weighted by Crippen LogP contribution is -2.32. The first-order valence-corrected chi connectivity index (χ1v) is 5.70. The predicted octanol–water partition coefficient (Wildman–Crippen LogP) is 1.05. The van der Waals surface area contributed by atoms with Crippen LogP contribution in [-0.2, 0) is 0 Å². The van der Waals surface area contributed by atoms with Gasteiger partial charge in [0.25, 0.3) is 0 Å². The maximum atomic E-state index is 5.39. The molecule has 3 heteroatoms. The molecular formula is C13H21N3. The highest BCUT2D eigenvalue weighted by Gasteiger charge is 2.04. The zero-order valence-electron chi connectivity index (χ0n) is 9.65. The van der Waals surface area contributed by atoms with Crippen molar-refractivity contribution in [2.75, 3.05) is 26.2 Å². The second-order valence-corrected chi connectivity index (χ2v) is 3.62.